The molecule has 0 aliphatic carbocycles. The third kappa shape index (κ3) is 4.25. The fraction of sp³-hybridized carbons (Fsp3) is 0.375. The Morgan fingerprint density at radius 1 is 1.26 bits per heavy atom. The van der Waals surface area contributed by atoms with Gasteiger partial charge in [-0.1, -0.05) is 35.3 Å². The molecule has 122 valence electrons. The van der Waals surface area contributed by atoms with Crippen LogP contribution in [-0.4, -0.2) is 40.3 Å². The Balaban J connectivity index is 1.57. The predicted molar refractivity (Wildman–Crippen MR) is 88.6 cm³/mol. The molecule has 1 aliphatic heterocycles. The van der Waals surface area contributed by atoms with Crippen LogP contribution in [0.5, 0.6) is 0 Å². The molecule has 2 aromatic rings. The first kappa shape index (κ1) is 16.3. The average molecular weight is 354 g/mol. The van der Waals surface area contributed by atoms with Crippen LogP contribution in [0.3, 0.4) is 0 Å². The number of rotatable bonds is 4. The van der Waals surface area contributed by atoms with Gasteiger partial charge < -0.3 is 9.64 Å². The van der Waals surface area contributed by atoms with Gasteiger partial charge in [0, 0.05) is 30.7 Å². The van der Waals surface area contributed by atoms with Crippen LogP contribution >= 0.6 is 23.2 Å². The molecule has 23 heavy (non-hydrogen) atoms. The molecule has 2 heterocycles. The molecule has 1 aromatic carbocycles. The first-order valence-electron chi connectivity index (χ1n) is 7.44. The molecule has 0 spiro atoms. The molecule has 1 atom stereocenters. The molecule has 1 unspecified atom stereocenters. The van der Waals surface area contributed by atoms with E-state index in [1.54, 1.807) is 17.1 Å². The smallest absolute Gasteiger partial charge is 0.224 e. The molecule has 1 amide bonds. The Labute approximate surface area is 144 Å². The molecule has 0 radical (unpaired) electrons. The molecule has 1 aliphatic rings. The van der Waals surface area contributed by atoms with Crippen LogP contribution < -0.4 is 0 Å². The Kier molecular flexibility index (Phi) is 5.20. The second-order valence-electron chi connectivity index (χ2n) is 5.42. The number of ether oxygens (including phenoxy) is 1. The highest BCUT2D eigenvalue weighted by atomic mass is 35.5. The van der Waals surface area contributed by atoms with Gasteiger partial charge in [-0.25, -0.2) is 0 Å². The number of aromatic nitrogens is 2. The SMILES string of the molecule is O=C(CCn1cc(Cl)cn1)N1CCOC(c2ccc(Cl)cc2)C1. The van der Waals surface area contributed by atoms with Crippen LogP contribution in [-0.2, 0) is 16.1 Å². The summed E-state index contributed by atoms with van der Waals surface area (Å²) in [4.78, 5) is 14.2. The van der Waals surface area contributed by atoms with Crippen molar-refractivity contribution in [3.8, 4) is 0 Å². The third-order valence-corrected chi connectivity index (χ3v) is 4.26. The molecule has 0 bridgehead atoms. The maximum atomic E-state index is 12.4. The number of carbonyl (C=O) groups excluding carboxylic acids is 1. The monoisotopic (exact) mass is 353 g/mol. The van der Waals surface area contributed by atoms with E-state index >= 15 is 0 Å². The van der Waals surface area contributed by atoms with E-state index in [1.165, 1.54) is 0 Å². The highest BCUT2D eigenvalue weighted by molar-refractivity contribution is 6.30. The minimum absolute atomic E-state index is 0.0962. The lowest BCUT2D eigenvalue weighted by atomic mass is 10.1. The van der Waals surface area contributed by atoms with E-state index in [1.807, 2.05) is 29.2 Å². The maximum absolute atomic E-state index is 12.4. The molecule has 5 nitrogen and oxygen atoms in total. The van der Waals surface area contributed by atoms with Gasteiger partial charge in [-0.15, -0.1) is 0 Å². The van der Waals surface area contributed by atoms with Gasteiger partial charge in [0.1, 0.15) is 6.10 Å². The normalized spacial score (nSPS) is 18.2. The van der Waals surface area contributed by atoms with Crippen LogP contribution in [0, 0.1) is 0 Å². The number of amides is 1. The lowest BCUT2D eigenvalue weighted by Crippen LogP contribution is -2.42. The van der Waals surface area contributed by atoms with Crippen LogP contribution in [0.4, 0.5) is 0 Å². The first-order valence-corrected chi connectivity index (χ1v) is 8.20. The highest BCUT2D eigenvalue weighted by Crippen LogP contribution is 2.24. The zero-order valence-corrected chi connectivity index (χ0v) is 14.0. The van der Waals surface area contributed by atoms with Crippen LogP contribution in [0.25, 0.3) is 0 Å². The van der Waals surface area contributed by atoms with Crippen molar-refractivity contribution < 1.29 is 9.53 Å². The largest absolute Gasteiger partial charge is 0.370 e. The van der Waals surface area contributed by atoms with Gasteiger partial charge in [-0.05, 0) is 17.7 Å². The number of halogens is 2. The second-order valence-corrected chi connectivity index (χ2v) is 6.30. The number of hydrogen-bond acceptors (Lipinski definition) is 3. The molecule has 0 N–H and O–H groups in total. The van der Waals surface area contributed by atoms with Gasteiger partial charge in [0.05, 0.1) is 24.4 Å². The van der Waals surface area contributed by atoms with E-state index in [-0.39, 0.29) is 12.0 Å². The number of benzene rings is 1. The summed E-state index contributed by atoms with van der Waals surface area (Å²) in [5, 5.41) is 5.35. The van der Waals surface area contributed by atoms with Crippen molar-refractivity contribution in [1.82, 2.24) is 14.7 Å². The van der Waals surface area contributed by atoms with Gasteiger partial charge in [-0.2, -0.15) is 5.10 Å². The summed E-state index contributed by atoms with van der Waals surface area (Å²) >= 11 is 11.7. The van der Waals surface area contributed by atoms with Crippen molar-refractivity contribution >= 4 is 29.1 Å². The van der Waals surface area contributed by atoms with Crippen molar-refractivity contribution in [2.24, 2.45) is 0 Å². The summed E-state index contributed by atoms with van der Waals surface area (Å²) in [5.41, 5.74) is 1.03. The van der Waals surface area contributed by atoms with Crippen molar-refractivity contribution in [3.05, 3.63) is 52.3 Å². The molecule has 1 saturated heterocycles. The summed E-state index contributed by atoms with van der Waals surface area (Å²) in [6.45, 7) is 2.23. The van der Waals surface area contributed by atoms with E-state index < -0.39 is 0 Å². The summed E-state index contributed by atoms with van der Waals surface area (Å²) in [5.74, 6) is 0.0962. The minimum atomic E-state index is -0.107. The van der Waals surface area contributed by atoms with Crippen LogP contribution in [0.15, 0.2) is 36.7 Å². The minimum Gasteiger partial charge on any atom is -0.370 e. The van der Waals surface area contributed by atoms with E-state index in [0.29, 0.717) is 42.7 Å². The standard InChI is InChI=1S/C16H17Cl2N3O2/c17-13-3-1-12(2-4-13)15-11-20(7-8-23-15)16(22)5-6-21-10-14(18)9-19-21/h1-4,9-10,15H,5-8,11H2. The van der Waals surface area contributed by atoms with Gasteiger partial charge in [0.2, 0.25) is 5.91 Å². The summed E-state index contributed by atoms with van der Waals surface area (Å²) in [6, 6.07) is 7.55. The Morgan fingerprint density at radius 3 is 2.74 bits per heavy atom. The number of nitrogens with zero attached hydrogens (tertiary/aromatic N) is 3. The Bertz CT molecular complexity index is 672. The Hall–Kier alpha value is -1.56. The maximum Gasteiger partial charge on any atom is 0.224 e. The number of morpholine rings is 1. The van der Waals surface area contributed by atoms with Crippen molar-refractivity contribution in [1.29, 1.82) is 0 Å². The predicted octanol–water partition coefficient (Wildman–Crippen LogP) is 3.18. The lowest BCUT2D eigenvalue weighted by Gasteiger charge is -2.33. The number of hydrogen-bond donors (Lipinski definition) is 0. The third-order valence-electron chi connectivity index (χ3n) is 3.82. The quantitative estimate of drug-likeness (QED) is 0.847. The van der Waals surface area contributed by atoms with E-state index in [9.17, 15) is 4.79 Å². The van der Waals surface area contributed by atoms with E-state index in [2.05, 4.69) is 5.10 Å². The topological polar surface area (TPSA) is 47.4 Å². The van der Waals surface area contributed by atoms with E-state index in [4.69, 9.17) is 27.9 Å². The first-order chi connectivity index (χ1) is 11.1. The molecule has 1 fully saturated rings. The van der Waals surface area contributed by atoms with Gasteiger partial charge in [0.25, 0.3) is 0 Å². The fourth-order valence-corrected chi connectivity index (χ4v) is 2.87. The number of carbonyl (C=O) groups is 1. The fourth-order valence-electron chi connectivity index (χ4n) is 2.58. The molecular formula is C16H17Cl2N3O2. The van der Waals surface area contributed by atoms with Crippen LogP contribution in [0.1, 0.15) is 18.1 Å². The molecule has 1 aromatic heterocycles. The highest BCUT2D eigenvalue weighted by Gasteiger charge is 2.25. The summed E-state index contributed by atoms with van der Waals surface area (Å²) in [6.07, 6.45) is 3.57. The average Bonchev–Trinajstić information content (AvgIpc) is 2.99. The van der Waals surface area contributed by atoms with Crippen molar-refractivity contribution in [2.45, 2.75) is 19.1 Å². The summed E-state index contributed by atoms with van der Waals surface area (Å²) in [7, 11) is 0. The number of aryl methyl sites for hydroxylation is 1. The molecule has 0 saturated carbocycles. The molecule has 7 heteroatoms. The zero-order chi connectivity index (χ0) is 16.2. The van der Waals surface area contributed by atoms with Crippen molar-refractivity contribution in [2.75, 3.05) is 19.7 Å². The molecule has 3 rings (SSSR count). The molecular weight excluding hydrogens is 337 g/mol. The second kappa shape index (κ2) is 7.34. The zero-order valence-electron chi connectivity index (χ0n) is 12.5. The summed E-state index contributed by atoms with van der Waals surface area (Å²) < 4.78 is 7.46. The van der Waals surface area contributed by atoms with Gasteiger partial charge >= 0.3 is 0 Å². The van der Waals surface area contributed by atoms with Crippen molar-refractivity contribution in [3.63, 3.8) is 0 Å². The van der Waals surface area contributed by atoms with Gasteiger partial charge in [-0.3, -0.25) is 9.48 Å². The van der Waals surface area contributed by atoms with E-state index in [0.717, 1.165) is 5.56 Å². The lowest BCUT2D eigenvalue weighted by molar-refractivity contribution is -0.139. The van der Waals surface area contributed by atoms with Crippen LogP contribution in [0.2, 0.25) is 10.0 Å². The Morgan fingerprint density at radius 2 is 2.04 bits per heavy atom. The van der Waals surface area contributed by atoms with Gasteiger partial charge in [0.15, 0.2) is 0 Å².